The van der Waals surface area contributed by atoms with E-state index in [-0.39, 0.29) is 12.6 Å². The number of hydrogen-bond acceptors (Lipinski definition) is 4. The number of aliphatic hydroxyl groups excluding tert-OH is 1. The summed E-state index contributed by atoms with van der Waals surface area (Å²) in [5.74, 6) is 3.37. The number of para-hydroxylation sites is 1. The Balaban J connectivity index is 2.27. The average Bonchev–Trinajstić information content (AvgIpc) is 2.65. The second-order valence-corrected chi connectivity index (χ2v) is 9.33. The molecule has 4 heteroatoms. The lowest BCUT2D eigenvalue weighted by Gasteiger charge is -2.18. The van der Waals surface area contributed by atoms with E-state index in [1.165, 1.54) is 32.1 Å². The first kappa shape index (κ1) is 25.0. The Morgan fingerprint density at radius 3 is 1.96 bits per heavy atom. The monoisotopic (exact) mass is 408 g/mol. The summed E-state index contributed by atoms with van der Waals surface area (Å²) in [6.45, 7) is 8.85. The molecular weight excluding hydrogens is 368 g/mol. The first-order valence-corrected chi connectivity index (χ1v) is 12.1. The third kappa shape index (κ3) is 9.97. The molecule has 0 saturated heterocycles. The van der Waals surface area contributed by atoms with Crippen LogP contribution in [0.5, 0.6) is 5.75 Å². The zero-order valence-electron chi connectivity index (χ0n) is 18.3. The van der Waals surface area contributed by atoms with Crippen molar-refractivity contribution in [3.8, 4) is 5.75 Å². The van der Waals surface area contributed by atoms with Crippen LogP contribution in [0.25, 0.3) is 0 Å². The van der Waals surface area contributed by atoms with Gasteiger partial charge in [-0.1, -0.05) is 78.0 Å². The van der Waals surface area contributed by atoms with E-state index in [0.717, 1.165) is 41.2 Å². The Kier molecular flexibility index (Phi) is 13.3. The van der Waals surface area contributed by atoms with Gasteiger partial charge in [0.2, 0.25) is 0 Å². The summed E-state index contributed by atoms with van der Waals surface area (Å²) >= 11 is 1.83. The predicted octanol–water partition coefficient (Wildman–Crippen LogP) is 6.69. The van der Waals surface area contributed by atoms with Gasteiger partial charge in [0.25, 0.3) is 0 Å². The van der Waals surface area contributed by atoms with Gasteiger partial charge in [0, 0.05) is 12.2 Å². The van der Waals surface area contributed by atoms with Gasteiger partial charge in [-0.3, -0.25) is 4.79 Å². The SMILES string of the molecule is CC(C)c1cccc(C(C)C)c1OC(=O)CCCCCCCCCSCCO. The minimum Gasteiger partial charge on any atom is -0.426 e. The van der Waals surface area contributed by atoms with Gasteiger partial charge in [-0.05, 0) is 41.6 Å². The highest BCUT2D eigenvalue weighted by Gasteiger charge is 2.17. The van der Waals surface area contributed by atoms with E-state index in [2.05, 4.69) is 45.9 Å². The molecule has 0 aromatic heterocycles. The van der Waals surface area contributed by atoms with Crippen LogP contribution in [0.4, 0.5) is 0 Å². The summed E-state index contributed by atoms with van der Waals surface area (Å²) in [4.78, 5) is 12.4. The quantitative estimate of drug-likeness (QED) is 0.200. The summed E-state index contributed by atoms with van der Waals surface area (Å²) in [6.07, 6.45) is 8.72. The minimum absolute atomic E-state index is 0.101. The Labute approximate surface area is 176 Å². The van der Waals surface area contributed by atoms with Crippen LogP contribution in [0.15, 0.2) is 18.2 Å². The Hall–Kier alpha value is -1.000. The molecule has 0 amide bonds. The molecule has 160 valence electrons. The van der Waals surface area contributed by atoms with Crippen LogP contribution in [-0.4, -0.2) is 29.2 Å². The van der Waals surface area contributed by atoms with Gasteiger partial charge in [0.1, 0.15) is 5.75 Å². The van der Waals surface area contributed by atoms with Crippen LogP contribution >= 0.6 is 11.8 Å². The van der Waals surface area contributed by atoms with Crippen LogP contribution in [0.1, 0.15) is 102 Å². The number of carbonyl (C=O) groups is 1. The molecule has 1 N–H and O–H groups in total. The molecule has 0 saturated carbocycles. The average molecular weight is 409 g/mol. The van der Waals surface area contributed by atoms with Gasteiger partial charge in [0.05, 0.1) is 6.61 Å². The summed E-state index contributed by atoms with van der Waals surface area (Å²) in [7, 11) is 0. The molecule has 0 aliphatic heterocycles. The second kappa shape index (κ2) is 14.9. The topological polar surface area (TPSA) is 46.5 Å². The summed E-state index contributed by atoms with van der Waals surface area (Å²) < 4.78 is 5.83. The molecule has 1 aromatic carbocycles. The number of esters is 1. The molecule has 0 aliphatic carbocycles. The minimum atomic E-state index is -0.101. The van der Waals surface area contributed by atoms with Gasteiger partial charge >= 0.3 is 5.97 Å². The van der Waals surface area contributed by atoms with Crippen molar-refractivity contribution in [3.63, 3.8) is 0 Å². The van der Waals surface area contributed by atoms with Crippen molar-refractivity contribution in [2.24, 2.45) is 0 Å². The van der Waals surface area contributed by atoms with Crippen molar-refractivity contribution < 1.29 is 14.6 Å². The number of ether oxygens (including phenoxy) is 1. The molecule has 0 spiro atoms. The zero-order valence-corrected chi connectivity index (χ0v) is 19.2. The molecule has 0 bridgehead atoms. The van der Waals surface area contributed by atoms with Gasteiger partial charge in [0.15, 0.2) is 0 Å². The van der Waals surface area contributed by atoms with E-state index < -0.39 is 0 Å². The van der Waals surface area contributed by atoms with E-state index in [4.69, 9.17) is 9.84 Å². The van der Waals surface area contributed by atoms with Gasteiger partial charge in [-0.2, -0.15) is 11.8 Å². The fraction of sp³-hybridized carbons (Fsp3) is 0.708. The third-order valence-corrected chi connectivity index (χ3v) is 5.99. The maximum Gasteiger partial charge on any atom is 0.311 e. The third-order valence-electron chi connectivity index (χ3n) is 4.94. The van der Waals surface area contributed by atoms with Crippen molar-refractivity contribution in [2.45, 2.75) is 90.9 Å². The van der Waals surface area contributed by atoms with E-state index in [1.807, 2.05) is 11.8 Å². The molecule has 1 rings (SSSR count). The number of hydrogen-bond donors (Lipinski definition) is 1. The number of carbonyl (C=O) groups excluding carboxylic acids is 1. The van der Waals surface area contributed by atoms with Crippen molar-refractivity contribution in [3.05, 3.63) is 29.3 Å². The first-order valence-electron chi connectivity index (χ1n) is 11.0. The fourth-order valence-electron chi connectivity index (χ4n) is 3.29. The van der Waals surface area contributed by atoms with E-state index >= 15 is 0 Å². The van der Waals surface area contributed by atoms with Crippen molar-refractivity contribution >= 4 is 17.7 Å². The van der Waals surface area contributed by atoms with Gasteiger partial charge in [-0.15, -0.1) is 0 Å². The highest BCUT2D eigenvalue weighted by atomic mass is 32.2. The molecule has 28 heavy (non-hydrogen) atoms. The maximum absolute atomic E-state index is 12.4. The molecule has 0 atom stereocenters. The van der Waals surface area contributed by atoms with Crippen LogP contribution in [0.2, 0.25) is 0 Å². The molecular formula is C24H40O3S. The normalized spacial score (nSPS) is 11.4. The lowest BCUT2D eigenvalue weighted by atomic mass is 9.94. The summed E-state index contributed by atoms with van der Waals surface area (Å²) in [5, 5.41) is 8.73. The molecule has 0 fully saturated rings. The molecule has 1 aromatic rings. The predicted molar refractivity (Wildman–Crippen MR) is 122 cm³/mol. The largest absolute Gasteiger partial charge is 0.426 e. The van der Waals surface area contributed by atoms with Crippen LogP contribution < -0.4 is 4.74 Å². The zero-order chi connectivity index (χ0) is 20.8. The summed E-state index contributed by atoms with van der Waals surface area (Å²) in [5.41, 5.74) is 2.24. The Morgan fingerprint density at radius 1 is 0.893 bits per heavy atom. The summed E-state index contributed by atoms with van der Waals surface area (Å²) in [6, 6.07) is 6.20. The van der Waals surface area contributed by atoms with E-state index in [0.29, 0.717) is 18.3 Å². The fourth-order valence-corrected chi connectivity index (χ4v) is 4.03. The maximum atomic E-state index is 12.4. The highest BCUT2D eigenvalue weighted by molar-refractivity contribution is 7.99. The van der Waals surface area contributed by atoms with E-state index in [1.54, 1.807) is 0 Å². The van der Waals surface area contributed by atoms with Gasteiger partial charge in [-0.25, -0.2) is 0 Å². The Morgan fingerprint density at radius 2 is 1.43 bits per heavy atom. The standard InChI is InChI=1S/C24H40O3S/c1-19(2)21-13-12-14-22(20(3)4)24(21)27-23(26)15-10-8-6-5-7-9-11-17-28-18-16-25/h12-14,19-20,25H,5-11,15-18H2,1-4H3. The first-order chi connectivity index (χ1) is 13.5. The van der Waals surface area contributed by atoms with Crippen molar-refractivity contribution in [1.29, 1.82) is 0 Å². The molecule has 0 heterocycles. The van der Waals surface area contributed by atoms with Gasteiger partial charge < -0.3 is 9.84 Å². The lowest BCUT2D eigenvalue weighted by molar-refractivity contribution is -0.134. The number of unbranched alkanes of at least 4 members (excludes halogenated alkanes) is 6. The van der Waals surface area contributed by atoms with E-state index in [9.17, 15) is 4.79 Å². The smallest absolute Gasteiger partial charge is 0.311 e. The van der Waals surface area contributed by atoms with Crippen LogP contribution in [0.3, 0.4) is 0 Å². The molecule has 0 unspecified atom stereocenters. The highest BCUT2D eigenvalue weighted by Crippen LogP contribution is 2.34. The van der Waals surface area contributed by atoms with Crippen molar-refractivity contribution in [1.82, 2.24) is 0 Å². The molecule has 3 nitrogen and oxygen atoms in total. The lowest BCUT2D eigenvalue weighted by Crippen LogP contribution is -2.12. The molecule has 0 radical (unpaired) electrons. The second-order valence-electron chi connectivity index (χ2n) is 8.11. The number of aliphatic hydroxyl groups is 1. The van der Waals surface area contributed by atoms with Crippen molar-refractivity contribution in [2.75, 3.05) is 18.1 Å². The Bertz CT molecular complexity index is 529. The molecule has 0 aliphatic rings. The number of rotatable bonds is 15. The van der Waals surface area contributed by atoms with Crippen LogP contribution in [-0.2, 0) is 4.79 Å². The number of thioether (sulfide) groups is 1. The van der Waals surface area contributed by atoms with Crippen LogP contribution in [0, 0.1) is 0 Å². The number of benzene rings is 1.